The topological polar surface area (TPSA) is 75.2 Å². The highest BCUT2D eigenvalue weighted by Crippen LogP contribution is 2.33. The Labute approximate surface area is 147 Å². The highest BCUT2D eigenvalue weighted by atomic mass is 16.2. The average Bonchev–Trinajstić information content (AvgIpc) is 3.12. The maximum atomic E-state index is 12.8. The van der Waals surface area contributed by atoms with Gasteiger partial charge in [-0.05, 0) is 35.4 Å². The van der Waals surface area contributed by atoms with Crippen LogP contribution in [0.4, 0.5) is 0 Å². The molecule has 1 aliphatic rings. The largest absolute Gasteiger partial charge is 0.352 e. The molecule has 0 radical (unpaired) electrons. The Kier molecular flexibility index (Phi) is 5.38. The van der Waals surface area contributed by atoms with Crippen molar-refractivity contribution < 1.29 is 9.59 Å². The van der Waals surface area contributed by atoms with Crippen molar-refractivity contribution in [2.24, 2.45) is 5.92 Å². The summed E-state index contributed by atoms with van der Waals surface area (Å²) in [6, 6.07) is 7.60. The van der Waals surface area contributed by atoms with E-state index < -0.39 is 0 Å². The van der Waals surface area contributed by atoms with Crippen molar-refractivity contribution in [2.45, 2.75) is 25.8 Å². The molecule has 3 rings (SSSR count). The first-order valence-corrected chi connectivity index (χ1v) is 8.53. The molecule has 2 aromatic heterocycles. The third kappa shape index (κ3) is 4.02. The number of amides is 2. The summed E-state index contributed by atoms with van der Waals surface area (Å²) < 4.78 is 0. The third-order valence-corrected chi connectivity index (χ3v) is 4.66. The number of hydrogen-bond acceptors (Lipinski definition) is 4. The van der Waals surface area contributed by atoms with E-state index in [9.17, 15) is 9.59 Å². The second-order valence-corrected chi connectivity index (χ2v) is 6.22. The van der Waals surface area contributed by atoms with E-state index in [1.54, 1.807) is 29.7 Å². The maximum absolute atomic E-state index is 12.8. The Morgan fingerprint density at radius 2 is 1.72 bits per heavy atom. The number of aromatic nitrogens is 2. The molecule has 6 nitrogen and oxygen atoms in total. The van der Waals surface area contributed by atoms with E-state index in [4.69, 9.17) is 0 Å². The predicted molar refractivity (Wildman–Crippen MR) is 93.4 cm³/mol. The van der Waals surface area contributed by atoms with Crippen molar-refractivity contribution in [1.29, 1.82) is 0 Å². The molecule has 130 valence electrons. The predicted octanol–water partition coefficient (Wildman–Crippen LogP) is 1.74. The number of carbonyl (C=O) groups excluding carboxylic acids is 2. The number of carbonyl (C=O) groups is 2. The number of likely N-dealkylation sites (tertiary alicyclic amines) is 1. The van der Waals surface area contributed by atoms with Crippen molar-refractivity contribution in [2.75, 3.05) is 13.1 Å². The standard InChI is InChI=1S/C19H22N4O2/c1-2-18(24)23-12-16(15-5-9-21-10-6-15)17(13-23)19(25)22-11-14-3-7-20-8-4-14/h3-10,16-17H,2,11-13H2,1H3,(H,22,25)/t16-,17?/m0/s1. The Bertz CT molecular complexity index is 721. The number of hydrogen-bond donors (Lipinski definition) is 1. The van der Waals surface area contributed by atoms with E-state index in [0.717, 1.165) is 11.1 Å². The zero-order chi connectivity index (χ0) is 17.6. The van der Waals surface area contributed by atoms with Crippen molar-refractivity contribution in [3.05, 3.63) is 60.2 Å². The molecule has 0 bridgehead atoms. The van der Waals surface area contributed by atoms with Gasteiger partial charge in [0, 0.05) is 56.8 Å². The first-order chi connectivity index (χ1) is 12.2. The monoisotopic (exact) mass is 338 g/mol. The lowest BCUT2D eigenvalue weighted by Gasteiger charge is -2.18. The molecule has 0 aromatic carbocycles. The van der Waals surface area contributed by atoms with Gasteiger partial charge in [0.2, 0.25) is 11.8 Å². The third-order valence-electron chi connectivity index (χ3n) is 4.66. The summed E-state index contributed by atoms with van der Waals surface area (Å²) in [5.41, 5.74) is 2.05. The second kappa shape index (κ2) is 7.88. The molecule has 0 spiro atoms. The van der Waals surface area contributed by atoms with Gasteiger partial charge in [0.1, 0.15) is 0 Å². The van der Waals surface area contributed by atoms with Gasteiger partial charge in [-0.25, -0.2) is 0 Å². The van der Waals surface area contributed by atoms with Gasteiger partial charge in [-0.3, -0.25) is 19.6 Å². The number of nitrogens with zero attached hydrogens (tertiary/aromatic N) is 3. The number of nitrogens with one attached hydrogen (secondary N) is 1. The Hall–Kier alpha value is -2.76. The van der Waals surface area contributed by atoms with Crippen LogP contribution >= 0.6 is 0 Å². The molecule has 6 heteroatoms. The summed E-state index contributed by atoms with van der Waals surface area (Å²) in [5.74, 6) is -0.191. The lowest BCUT2D eigenvalue weighted by Crippen LogP contribution is -2.35. The molecular formula is C19H22N4O2. The van der Waals surface area contributed by atoms with Crippen LogP contribution in [0.3, 0.4) is 0 Å². The van der Waals surface area contributed by atoms with Crippen molar-refractivity contribution in [3.63, 3.8) is 0 Å². The molecule has 0 saturated carbocycles. The summed E-state index contributed by atoms with van der Waals surface area (Å²) in [6.07, 6.45) is 7.32. The average molecular weight is 338 g/mol. The molecule has 0 aliphatic carbocycles. The first-order valence-electron chi connectivity index (χ1n) is 8.53. The van der Waals surface area contributed by atoms with E-state index in [1.807, 2.05) is 31.2 Å². The number of pyridine rings is 2. The van der Waals surface area contributed by atoms with Gasteiger partial charge in [0.25, 0.3) is 0 Å². The summed E-state index contributed by atoms with van der Waals surface area (Å²) >= 11 is 0. The highest BCUT2D eigenvalue weighted by molar-refractivity contribution is 5.83. The van der Waals surface area contributed by atoms with Crippen LogP contribution in [0.25, 0.3) is 0 Å². The Morgan fingerprint density at radius 1 is 1.08 bits per heavy atom. The minimum atomic E-state index is -0.250. The zero-order valence-electron chi connectivity index (χ0n) is 14.3. The summed E-state index contributed by atoms with van der Waals surface area (Å²) in [7, 11) is 0. The smallest absolute Gasteiger partial charge is 0.225 e. The quantitative estimate of drug-likeness (QED) is 0.901. The molecule has 1 fully saturated rings. The summed E-state index contributed by atoms with van der Waals surface area (Å²) in [6.45, 7) is 3.34. The van der Waals surface area contributed by atoms with Gasteiger partial charge < -0.3 is 10.2 Å². The van der Waals surface area contributed by atoms with E-state index in [-0.39, 0.29) is 23.7 Å². The Morgan fingerprint density at radius 3 is 2.36 bits per heavy atom. The van der Waals surface area contributed by atoms with Gasteiger partial charge >= 0.3 is 0 Å². The van der Waals surface area contributed by atoms with Crippen molar-refractivity contribution >= 4 is 11.8 Å². The SMILES string of the molecule is CCC(=O)N1CC(C(=O)NCc2ccncc2)[C@H](c2ccncc2)C1. The molecule has 1 unspecified atom stereocenters. The van der Waals surface area contributed by atoms with Crippen LogP contribution in [0, 0.1) is 5.92 Å². The minimum Gasteiger partial charge on any atom is -0.352 e. The van der Waals surface area contributed by atoms with Gasteiger partial charge in [-0.2, -0.15) is 0 Å². The lowest BCUT2D eigenvalue weighted by atomic mass is 9.89. The Balaban J connectivity index is 1.73. The van der Waals surface area contributed by atoms with E-state index in [1.165, 1.54) is 0 Å². The first kappa shape index (κ1) is 17.1. The molecule has 1 saturated heterocycles. The summed E-state index contributed by atoms with van der Waals surface area (Å²) in [5, 5.41) is 3.00. The molecule has 2 aromatic rings. The fourth-order valence-corrected chi connectivity index (χ4v) is 3.27. The lowest BCUT2D eigenvalue weighted by molar-refractivity contribution is -0.130. The van der Waals surface area contributed by atoms with Gasteiger partial charge in [0.15, 0.2) is 0 Å². The van der Waals surface area contributed by atoms with Crippen molar-refractivity contribution in [3.8, 4) is 0 Å². The van der Waals surface area contributed by atoms with Crippen LogP contribution in [-0.2, 0) is 16.1 Å². The molecule has 1 N–H and O–H groups in total. The van der Waals surface area contributed by atoms with Crippen LogP contribution in [0.1, 0.15) is 30.4 Å². The molecular weight excluding hydrogens is 316 g/mol. The van der Waals surface area contributed by atoms with Gasteiger partial charge in [-0.15, -0.1) is 0 Å². The fourth-order valence-electron chi connectivity index (χ4n) is 3.27. The molecule has 2 amide bonds. The van der Waals surface area contributed by atoms with E-state index >= 15 is 0 Å². The number of rotatable bonds is 5. The van der Waals surface area contributed by atoms with Crippen LogP contribution in [0.2, 0.25) is 0 Å². The van der Waals surface area contributed by atoms with E-state index in [2.05, 4.69) is 15.3 Å². The normalized spacial score (nSPS) is 19.6. The zero-order valence-corrected chi connectivity index (χ0v) is 14.3. The van der Waals surface area contributed by atoms with Crippen LogP contribution in [0.5, 0.6) is 0 Å². The van der Waals surface area contributed by atoms with Crippen LogP contribution in [0.15, 0.2) is 49.1 Å². The summed E-state index contributed by atoms with van der Waals surface area (Å²) in [4.78, 5) is 34.7. The van der Waals surface area contributed by atoms with Crippen molar-refractivity contribution in [1.82, 2.24) is 20.2 Å². The maximum Gasteiger partial charge on any atom is 0.225 e. The molecule has 3 heterocycles. The van der Waals surface area contributed by atoms with Gasteiger partial charge in [0.05, 0.1) is 5.92 Å². The molecule has 2 atom stereocenters. The minimum absolute atomic E-state index is 0.00376. The van der Waals surface area contributed by atoms with Crippen LogP contribution in [-0.4, -0.2) is 39.8 Å². The van der Waals surface area contributed by atoms with E-state index in [0.29, 0.717) is 26.1 Å². The molecule has 1 aliphatic heterocycles. The fraction of sp³-hybridized carbons (Fsp3) is 0.368. The van der Waals surface area contributed by atoms with Crippen LogP contribution < -0.4 is 5.32 Å². The molecule has 25 heavy (non-hydrogen) atoms. The highest BCUT2D eigenvalue weighted by Gasteiger charge is 2.39. The van der Waals surface area contributed by atoms with Gasteiger partial charge in [-0.1, -0.05) is 6.92 Å². The second-order valence-electron chi connectivity index (χ2n) is 6.22.